The maximum atomic E-state index is 5.90. The van der Waals surface area contributed by atoms with Crippen LogP contribution < -0.4 is 9.47 Å². The van der Waals surface area contributed by atoms with Crippen molar-refractivity contribution in [2.45, 2.75) is 65.1 Å². The highest BCUT2D eigenvalue weighted by Crippen LogP contribution is 2.37. The van der Waals surface area contributed by atoms with Gasteiger partial charge in [-0.25, -0.2) is 0 Å². The van der Waals surface area contributed by atoms with Crippen LogP contribution in [0, 0.1) is 0 Å². The molecule has 1 fully saturated rings. The Morgan fingerprint density at radius 2 is 1.78 bits per heavy atom. The van der Waals surface area contributed by atoms with Gasteiger partial charge in [0.1, 0.15) is 0 Å². The van der Waals surface area contributed by atoms with E-state index in [9.17, 15) is 0 Å². The van der Waals surface area contributed by atoms with Crippen LogP contribution in [-0.2, 0) is 5.41 Å². The Bertz CT molecular complexity index is 412. The van der Waals surface area contributed by atoms with Crippen LogP contribution in [-0.4, -0.2) is 12.2 Å². The summed E-state index contributed by atoms with van der Waals surface area (Å²) < 4.78 is 11.8. The van der Waals surface area contributed by atoms with E-state index >= 15 is 0 Å². The van der Waals surface area contributed by atoms with Gasteiger partial charge >= 0.3 is 0 Å². The fourth-order valence-electron chi connectivity index (χ4n) is 1.78. The molecule has 0 saturated heterocycles. The molecule has 100 valence electrons. The van der Waals surface area contributed by atoms with E-state index in [0.29, 0.717) is 6.10 Å². The largest absolute Gasteiger partial charge is 0.487 e. The van der Waals surface area contributed by atoms with Crippen LogP contribution in [0.1, 0.15) is 53.0 Å². The summed E-state index contributed by atoms with van der Waals surface area (Å²) in [7, 11) is 0. The molecule has 0 heterocycles. The highest BCUT2D eigenvalue weighted by Gasteiger charge is 2.26. The lowest BCUT2D eigenvalue weighted by Crippen LogP contribution is -2.13. The van der Waals surface area contributed by atoms with Crippen LogP contribution in [0.25, 0.3) is 0 Å². The number of hydrogen-bond acceptors (Lipinski definition) is 2. The minimum atomic E-state index is 0.132. The Morgan fingerprint density at radius 3 is 2.28 bits per heavy atom. The molecule has 0 N–H and O–H groups in total. The molecule has 1 aliphatic rings. The predicted molar refractivity (Wildman–Crippen MR) is 74.6 cm³/mol. The molecule has 2 heteroatoms. The second kappa shape index (κ2) is 4.83. The van der Waals surface area contributed by atoms with Crippen molar-refractivity contribution in [2.24, 2.45) is 0 Å². The fourth-order valence-corrected chi connectivity index (χ4v) is 1.78. The van der Waals surface area contributed by atoms with E-state index in [4.69, 9.17) is 9.47 Å². The maximum Gasteiger partial charge on any atom is 0.161 e. The molecule has 0 unspecified atom stereocenters. The van der Waals surface area contributed by atoms with Gasteiger partial charge in [0.25, 0.3) is 0 Å². The molecule has 0 spiro atoms. The summed E-state index contributed by atoms with van der Waals surface area (Å²) in [5.41, 5.74) is 1.41. The lowest BCUT2D eigenvalue weighted by molar-refractivity contribution is 0.217. The summed E-state index contributed by atoms with van der Waals surface area (Å²) in [5, 5.41) is 0. The van der Waals surface area contributed by atoms with E-state index in [2.05, 4.69) is 39.0 Å². The van der Waals surface area contributed by atoms with Gasteiger partial charge < -0.3 is 9.47 Å². The van der Waals surface area contributed by atoms with E-state index in [0.717, 1.165) is 11.5 Å². The lowest BCUT2D eigenvalue weighted by atomic mass is 9.87. The molecule has 2 nitrogen and oxygen atoms in total. The van der Waals surface area contributed by atoms with Gasteiger partial charge in [0.05, 0.1) is 12.2 Å². The van der Waals surface area contributed by atoms with E-state index in [-0.39, 0.29) is 11.5 Å². The van der Waals surface area contributed by atoms with Crippen molar-refractivity contribution >= 4 is 0 Å². The summed E-state index contributed by atoms with van der Waals surface area (Å²) in [6.07, 6.45) is 2.91. The number of ether oxygens (including phenoxy) is 2. The Labute approximate surface area is 110 Å². The number of rotatable bonds is 4. The van der Waals surface area contributed by atoms with Crippen molar-refractivity contribution in [2.75, 3.05) is 0 Å². The minimum Gasteiger partial charge on any atom is -0.487 e. The second-order valence-electron chi connectivity index (χ2n) is 6.40. The summed E-state index contributed by atoms with van der Waals surface area (Å²) in [5.74, 6) is 1.77. The molecule has 1 aromatic carbocycles. The first-order valence-corrected chi connectivity index (χ1v) is 6.84. The van der Waals surface area contributed by atoms with E-state index in [1.165, 1.54) is 18.4 Å². The molecule has 0 amide bonds. The molecular formula is C16H24O2. The third-order valence-corrected chi connectivity index (χ3v) is 2.99. The van der Waals surface area contributed by atoms with Crippen LogP contribution in [0.15, 0.2) is 18.2 Å². The average molecular weight is 248 g/mol. The van der Waals surface area contributed by atoms with Crippen molar-refractivity contribution in [3.05, 3.63) is 23.8 Å². The molecule has 1 aliphatic carbocycles. The highest BCUT2D eigenvalue weighted by atomic mass is 16.5. The normalized spacial score (nSPS) is 15.9. The first-order chi connectivity index (χ1) is 8.36. The third kappa shape index (κ3) is 3.41. The van der Waals surface area contributed by atoms with Crippen molar-refractivity contribution in [1.82, 2.24) is 0 Å². The molecule has 0 aliphatic heterocycles. The van der Waals surface area contributed by atoms with Crippen molar-refractivity contribution in [3.8, 4) is 11.5 Å². The molecule has 0 atom stereocenters. The van der Waals surface area contributed by atoms with Crippen LogP contribution in [0.2, 0.25) is 0 Å². The Balaban J connectivity index is 2.27. The topological polar surface area (TPSA) is 18.5 Å². The zero-order valence-corrected chi connectivity index (χ0v) is 12.1. The smallest absolute Gasteiger partial charge is 0.161 e. The van der Waals surface area contributed by atoms with Gasteiger partial charge in [-0.05, 0) is 49.8 Å². The Kier molecular flexibility index (Phi) is 3.56. The molecule has 1 saturated carbocycles. The molecule has 0 bridgehead atoms. The summed E-state index contributed by atoms with van der Waals surface area (Å²) >= 11 is 0. The van der Waals surface area contributed by atoms with Crippen LogP contribution in [0.3, 0.4) is 0 Å². The Hall–Kier alpha value is -1.18. The monoisotopic (exact) mass is 248 g/mol. The van der Waals surface area contributed by atoms with Crippen molar-refractivity contribution < 1.29 is 9.47 Å². The van der Waals surface area contributed by atoms with Gasteiger partial charge in [-0.1, -0.05) is 26.8 Å². The van der Waals surface area contributed by atoms with Gasteiger partial charge in [-0.15, -0.1) is 0 Å². The van der Waals surface area contributed by atoms with Crippen LogP contribution in [0.4, 0.5) is 0 Å². The van der Waals surface area contributed by atoms with E-state index in [1.54, 1.807) is 0 Å². The zero-order chi connectivity index (χ0) is 13.3. The molecule has 18 heavy (non-hydrogen) atoms. The molecule has 1 aromatic rings. The van der Waals surface area contributed by atoms with Crippen LogP contribution >= 0.6 is 0 Å². The fraction of sp³-hybridized carbons (Fsp3) is 0.625. The van der Waals surface area contributed by atoms with Gasteiger partial charge in [-0.2, -0.15) is 0 Å². The molecule has 0 aromatic heterocycles. The standard InChI is InChI=1S/C16H24O2/c1-11(2)17-15-10-12(16(3,4)5)6-9-14(15)18-13-7-8-13/h6,9-11,13H,7-8H2,1-5H3. The summed E-state index contributed by atoms with van der Waals surface area (Å²) in [6.45, 7) is 10.7. The minimum absolute atomic E-state index is 0.132. The second-order valence-corrected chi connectivity index (χ2v) is 6.40. The SMILES string of the molecule is CC(C)Oc1cc(C(C)(C)C)ccc1OC1CC1. The Morgan fingerprint density at radius 1 is 1.11 bits per heavy atom. The van der Waals surface area contributed by atoms with Crippen molar-refractivity contribution in [1.29, 1.82) is 0 Å². The average Bonchev–Trinajstić information content (AvgIpc) is 3.02. The summed E-state index contributed by atoms with van der Waals surface area (Å²) in [6, 6.07) is 6.32. The zero-order valence-electron chi connectivity index (χ0n) is 12.1. The number of benzene rings is 1. The maximum absolute atomic E-state index is 5.90. The van der Waals surface area contributed by atoms with E-state index in [1.807, 2.05) is 13.8 Å². The van der Waals surface area contributed by atoms with Crippen molar-refractivity contribution in [3.63, 3.8) is 0 Å². The quantitative estimate of drug-likeness (QED) is 0.790. The molecule has 0 radical (unpaired) electrons. The predicted octanol–water partition coefficient (Wildman–Crippen LogP) is 4.31. The van der Waals surface area contributed by atoms with Gasteiger partial charge in [-0.3, -0.25) is 0 Å². The van der Waals surface area contributed by atoms with Gasteiger partial charge in [0, 0.05) is 0 Å². The first kappa shape index (κ1) is 13.3. The number of hydrogen-bond donors (Lipinski definition) is 0. The summed E-state index contributed by atoms with van der Waals surface area (Å²) in [4.78, 5) is 0. The lowest BCUT2D eigenvalue weighted by Gasteiger charge is -2.22. The van der Waals surface area contributed by atoms with Crippen LogP contribution in [0.5, 0.6) is 11.5 Å². The molecule has 2 rings (SSSR count). The molecular weight excluding hydrogens is 224 g/mol. The first-order valence-electron chi connectivity index (χ1n) is 6.84. The third-order valence-electron chi connectivity index (χ3n) is 2.99. The van der Waals surface area contributed by atoms with Gasteiger partial charge in [0.2, 0.25) is 0 Å². The highest BCUT2D eigenvalue weighted by molar-refractivity contribution is 5.45. The van der Waals surface area contributed by atoms with Gasteiger partial charge in [0.15, 0.2) is 11.5 Å². The van der Waals surface area contributed by atoms with E-state index < -0.39 is 0 Å².